The summed E-state index contributed by atoms with van der Waals surface area (Å²) >= 11 is 0. The molecular weight excluding hydrogens is 400 g/mol. The third-order valence-corrected chi connectivity index (χ3v) is 4.55. The van der Waals surface area contributed by atoms with E-state index in [1.165, 1.54) is 7.11 Å². The van der Waals surface area contributed by atoms with Crippen molar-refractivity contribution < 1.29 is 28.6 Å². The number of aryl methyl sites for hydroxylation is 1. The van der Waals surface area contributed by atoms with Gasteiger partial charge in [0.25, 0.3) is 0 Å². The van der Waals surface area contributed by atoms with E-state index in [9.17, 15) is 9.59 Å². The van der Waals surface area contributed by atoms with Crippen LogP contribution in [0.2, 0.25) is 0 Å². The third-order valence-electron chi connectivity index (χ3n) is 4.55. The van der Waals surface area contributed by atoms with Gasteiger partial charge in [0.1, 0.15) is 18.1 Å². The highest BCUT2D eigenvalue weighted by Gasteiger charge is 2.18. The molecule has 0 fully saturated rings. The Morgan fingerprint density at radius 1 is 1.13 bits per heavy atom. The maximum atomic E-state index is 11.8. The maximum absolute atomic E-state index is 11.8. The summed E-state index contributed by atoms with van der Waals surface area (Å²) in [5, 5.41) is 8.99. The highest BCUT2D eigenvalue weighted by molar-refractivity contribution is 5.76. The van der Waals surface area contributed by atoms with E-state index in [2.05, 4.69) is 9.72 Å². The Morgan fingerprint density at radius 3 is 2.61 bits per heavy atom. The fourth-order valence-corrected chi connectivity index (χ4v) is 3.06. The largest absolute Gasteiger partial charge is 0.493 e. The molecule has 1 aromatic heterocycles. The number of benzene rings is 2. The lowest BCUT2D eigenvalue weighted by atomic mass is 10.2. The first kappa shape index (κ1) is 21.9. The molecule has 3 aromatic rings. The van der Waals surface area contributed by atoms with Gasteiger partial charge in [0, 0.05) is 18.5 Å². The number of aliphatic carboxylic acids is 1. The van der Waals surface area contributed by atoms with E-state index in [1.807, 2.05) is 37.3 Å². The van der Waals surface area contributed by atoms with Gasteiger partial charge in [0.15, 0.2) is 0 Å². The Kier molecular flexibility index (Phi) is 7.26. The molecule has 0 aliphatic rings. The monoisotopic (exact) mass is 424 g/mol. The van der Waals surface area contributed by atoms with Gasteiger partial charge in [-0.2, -0.15) is 0 Å². The van der Waals surface area contributed by atoms with Crippen LogP contribution in [0.4, 0.5) is 4.79 Å². The van der Waals surface area contributed by atoms with Crippen LogP contribution in [0.1, 0.15) is 17.0 Å². The molecular formula is C23H24N2O6. The van der Waals surface area contributed by atoms with Gasteiger partial charge >= 0.3 is 12.1 Å². The minimum Gasteiger partial charge on any atom is -0.493 e. The first-order valence-corrected chi connectivity index (χ1v) is 9.74. The number of hydrogen-bond acceptors (Lipinski definition) is 6. The van der Waals surface area contributed by atoms with Crippen molar-refractivity contribution in [2.75, 3.05) is 20.3 Å². The topological polar surface area (TPSA) is 102 Å². The third kappa shape index (κ3) is 6.08. The fraction of sp³-hybridized carbons (Fsp3) is 0.261. The van der Waals surface area contributed by atoms with Gasteiger partial charge in [-0.25, -0.2) is 9.78 Å². The fourth-order valence-electron chi connectivity index (χ4n) is 3.06. The number of oxazole rings is 1. The van der Waals surface area contributed by atoms with Crippen molar-refractivity contribution in [2.24, 2.45) is 0 Å². The van der Waals surface area contributed by atoms with Crippen LogP contribution in [-0.2, 0) is 22.5 Å². The van der Waals surface area contributed by atoms with Crippen molar-refractivity contribution >= 4 is 12.1 Å². The molecule has 0 spiro atoms. The Hall–Kier alpha value is -3.81. The second-order valence-electron chi connectivity index (χ2n) is 6.85. The summed E-state index contributed by atoms with van der Waals surface area (Å²) in [5.74, 6) is 0.827. The molecule has 162 valence electrons. The molecule has 0 aliphatic carbocycles. The van der Waals surface area contributed by atoms with Crippen LogP contribution in [0, 0.1) is 6.92 Å². The van der Waals surface area contributed by atoms with E-state index in [1.54, 1.807) is 24.3 Å². The molecule has 0 unspecified atom stereocenters. The lowest BCUT2D eigenvalue weighted by molar-refractivity contribution is -0.138. The summed E-state index contributed by atoms with van der Waals surface area (Å²) in [5.41, 5.74) is 2.48. The van der Waals surface area contributed by atoms with Crippen LogP contribution in [0.25, 0.3) is 11.5 Å². The zero-order chi connectivity index (χ0) is 22.2. The van der Waals surface area contributed by atoms with E-state index < -0.39 is 18.6 Å². The molecule has 8 heteroatoms. The molecule has 31 heavy (non-hydrogen) atoms. The van der Waals surface area contributed by atoms with Gasteiger partial charge in [-0.15, -0.1) is 0 Å². The zero-order valence-electron chi connectivity index (χ0n) is 17.4. The number of amides is 1. The number of hydrogen-bond donors (Lipinski definition) is 1. The number of carboxylic acid groups (broad SMARTS) is 1. The van der Waals surface area contributed by atoms with Gasteiger partial charge in [0.05, 0.1) is 19.4 Å². The number of carboxylic acids is 1. The minimum atomic E-state index is -1.12. The summed E-state index contributed by atoms with van der Waals surface area (Å²) in [7, 11) is 1.21. The van der Waals surface area contributed by atoms with Crippen LogP contribution in [0.15, 0.2) is 59.0 Å². The first-order chi connectivity index (χ1) is 15.0. The normalized spacial score (nSPS) is 10.5. The summed E-state index contributed by atoms with van der Waals surface area (Å²) < 4.78 is 16.3. The van der Waals surface area contributed by atoms with Crippen LogP contribution in [0.5, 0.6) is 5.75 Å². The zero-order valence-corrected chi connectivity index (χ0v) is 17.4. The summed E-state index contributed by atoms with van der Waals surface area (Å²) in [6.07, 6.45) is -0.135. The van der Waals surface area contributed by atoms with Gasteiger partial charge in [-0.3, -0.25) is 9.69 Å². The molecule has 1 heterocycles. The second kappa shape index (κ2) is 10.3. The summed E-state index contributed by atoms with van der Waals surface area (Å²) in [6, 6.07) is 16.8. The predicted octanol–water partition coefficient (Wildman–Crippen LogP) is 3.92. The standard InChI is InChI=1S/C23H24N2O6/c1-16-20(24-22(31-16)18-8-4-3-5-9-18)11-12-30-19-10-6-7-17(13-19)14-25(15-21(26)27)23(28)29-2/h3-10,13H,11-12,14-15H2,1-2H3,(H,26,27). The van der Waals surface area contributed by atoms with Gasteiger partial charge in [-0.05, 0) is 36.8 Å². The average molecular weight is 424 g/mol. The van der Waals surface area contributed by atoms with Crippen molar-refractivity contribution in [1.29, 1.82) is 0 Å². The smallest absolute Gasteiger partial charge is 0.410 e. The number of ether oxygens (including phenoxy) is 2. The highest BCUT2D eigenvalue weighted by atomic mass is 16.5. The lowest BCUT2D eigenvalue weighted by Crippen LogP contribution is -2.35. The van der Waals surface area contributed by atoms with E-state index >= 15 is 0 Å². The minimum absolute atomic E-state index is 0.0962. The molecule has 1 N–H and O–H groups in total. The predicted molar refractivity (Wildman–Crippen MR) is 113 cm³/mol. The molecule has 2 aromatic carbocycles. The molecule has 0 bridgehead atoms. The van der Waals surface area contributed by atoms with Crippen molar-refractivity contribution in [3.63, 3.8) is 0 Å². The van der Waals surface area contributed by atoms with Crippen molar-refractivity contribution in [3.05, 3.63) is 71.6 Å². The maximum Gasteiger partial charge on any atom is 0.410 e. The van der Waals surface area contributed by atoms with Crippen LogP contribution >= 0.6 is 0 Å². The van der Waals surface area contributed by atoms with Crippen molar-refractivity contribution in [3.8, 4) is 17.2 Å². The van der Waals surface area contributed by atoms with Crippen molar-refractivity contribution in [2.45, 2.75) is 19.9 Å². The van der Waals surface area contributed by atoms with Gasteiger partial charge in [-0.1, -0.05) is 30.3 Å². The molecule has 1 amide bonds. The average Bonchev–Trinajstić information content (AvgIpc) is 3.14. The van der Waals surface area contributed by atoms with Crippen LogP contribution < -0.4 is 4.74 Å². The van der Waals surface area contributed by atoms with E-state index in [4.69, 9.17) is 14.3 Å². The number of rotatable bonds is 9. The molecule has 0 radical (unpaired) electrons. The van der Waals surface area contributed by atoms with Gasteiger partial charge < -0.3 is 19.0 Å². The summed E-state index contributed by atoms with van der Waals surface area (Å²) in [4.78, 5) is 28.5. The Labute approximate surface area is 180 Å². The van der Waals surface area contributed by atoms with E-state index in [0.717, 1.165) is 27.5 Å². The molecule has 3 rings (SSSR count). The number of nitrogens with zero attached hydrogens (tertiary/aromatic N) is 2. The molecule has 0 saturated heterocycles. The number of aromatic nitrogens is 1. The SMILES string of the molecule is COC(=O)N(CC(=O)O)Cc1cccc(OCCc2nc(-c3ccccc3)oc2C)c1. The van der Waals surface area contributed by atoms with Crippen molar-refractivity contribution in [1.82, 2.24) is 9.88 Å². The molecule has 0 aliphatic heterocycles. The molecule has 0 atom stereocenters. The molecule has 0 saturated carbocycles. The molecule has 8 nitrogen and oxygen atoms in total. The van der Waals surface area contributed by atoms with E-state index in [-0.39, 0.29) is 6.54 Å². The highest BCUT2D eigenvalue weighted by Crippen LogP contribution is 2.22. The van der Waals surface area contributed by atoms with E-state index in [0.29, 0.717) is 24.7 Å². The summed E-state index contributed by atoms with van der Waals surface area (Å²) in [6.45, 7) is 1.91. The van der Waals surface area contributed by atoms with Crippen LogP contribution in [0.3, 0.4) is 0 Å². The number of methoxy groups -OCH3 is 1. The Morgan fingerprint density at radius 2 is 1.90 bits per heavy atom. The van der Waals surface area contributed by atoms with Crippen LogP contribution in [-0.4, -0.2) is 47.3 Å². The number of carbonyl (C=O) groups excluding carboxylic acids is 1. The Balaban J connectivity index is 1.60. The number of carbonyl (C=O) groups is 2. The second-order valence-corrected chi connectivity index (χ2v) is 6.85. The van der Waals surface area contributed by atoms with Gasteiger partial charge in [0.2, 0.25) is 5.89 Å². The quantitative estimate of drug-likeness (QED) is 0.555. The first-order valence-electron chi connectivity index (χ1n) is 9.74. The lowest BCUT2D eigenvalue weighted by Gasteiger charge is -2.19. The Bertz CT molecular complexity index is 1030.